The molecule has 0 bridgehead atoms. The molecule has 0 amide bonds. The van der Waals surface area contributed by atoms with Gasteiger partial charge in [-0.05, 0) is 24.1 Å². The molecule has 0 fully saturated rings. The van der Waals surface area contributed by atoms with Crippen LogP contribution < -0.4 is 5.32 Å². The van der Waals surface area contributed by atoms with Gasteiger partial charge in [-0.25, -0.2) is 4.98 Å². The van der Waals surface area contributed by atoms with Crippen LogP contribution in [-0.2, 0) is 12.4 Å². The fourth-order valence-corrected chi connectivity index (χ4v) is 1.84. The quantitative estimate of drug-likeness (QED) is 0.630. The van der Waals surface area contributed by atoms with Crippen LogP contribution in [0.15, 0.2) is 43.0 Å². The molecule has 0 aliphatic rings. The Hall–Kier alpha value is -1.48. The van der Waals surface area contributed by atoms with E-state index in [4.69, 9.17) is 11.6 Å². The first-order chi connectivity index (χ1) is 8.38. The van der Waals surface area contributed by atoms with Crippen molar-refractivity contribution < 1.29 is 0 Å². The molecule has 0 saturated heterocycles. The highest BCUT2D eigenvalue weighted by molar-refractivity contribution is 6.17. The highest BCUT2D eigenvalue weighted by Crippen LogP contribution is 2.12. The van der Waals surface area contributed by atoms with E-state index in [1.807, 2.05) is 24.7 Å². The van der Waals surface area contributed by atoms with Crippen LogP contribution in [-0.4, -0.2) is 16.1 Å². The Bertz CT molecular complexity index is 440. The molecule has 1 heterocycles. The van der Waals surface area contributed by atoms with Crippen LogP contribution in [0.3, 0.4) is 0 Å². The topological polar surface area (TPSA) is 29.9 Å². The summed E-state index contributed by atoms with van der Waals surface area (Å²) < 4.78 is 2.08. The largest absolute Gasteiger partial charge is 0.385 e. The van der Waals surface area contributed by atoms with Crippen molar-refractivity contribution in [2.24, 2.45) is 0 Å². The molecule has 2 rings (SSSR count). The zero-order valence-electron chi connectivity index (χ0n) is 9.64. The number of alkyl halides is 1. The molecule has 0 unspecified atom stereocenters. The molecule has 0 aliphatic heterocycles. The number of nitrogens with zero attached hydrogens (tertiary/aromatic N) is 2. The number of aromatic nitrogens is 2. The Balaban J connectivity index is 1.74. The Morgan fingerprint density at radius 3 is 3.06 bits per heavy atom. The van der Waals surface area contributed by atoms with E-state index in [0.29, 0.717) is 5.88 Å². The first-order valence-electron chi connectivity index (χ1n) is 5.73. The van der Waals surface area contributed by atoms with Gasteiger partial charge in [0.05, 0.1) is 6.33 Å². The number of aryl methyl sites for hydroxylation is 1. The van der Waals surface area contributed by atoms with Crippen molar-refractivity contribution >= 4 is 17.3 Å². The van der Waals surface area contributed by atoms with Gasteiger partial charge in [0.15, 0.2) is 0 Å². The molecule has 0 saturated carbocycles. The molecule has 1 aromatic carbocycles. The normalized spacial score (nSPS) is 10.4. The first kappa shape index (κ1) is 12.0. The van der Waals surface area contributed by atoms with E-state index in [1.54, 1.807) is 6.20 Å². The molecule has 90 valence electrons. The predicted octanol–water partition coefficient (Wildman–Crippen LogP) is 3.12. The Labute approximate surface area is 106 Å². The van der Waals surface area contributed by atoms with Crippen molar-refractivity contribution in [1.82, 2.24) is 9.55 Å². The molecular weight excluding hydrogens is 234 g/mol. The summed E-state index contributed by atoms with van der Waals surface area (Å²) in [5.41, 5.74) is 2.28. The lowest BCUT2D eigenvalue weighted by molar-refractivity contribution is 0.661. The number of hydrogen-bond donors (Lipinski definition) is 1. The summed E-state index contributed by atoms with van der Waals surface area (Å²) in [4.78, 5) is 4.01. The van der Waals surface area contributed by atoms with Gasteiger partial charge in [0, 0.05) is 37.1 Å². The second kappa shape index (κ2) is 6.30. The first-order valence-corrected chi connectivity index (χ1v) is 6.26. The van der Waals surface area contributed by atoms with E-state index in [2.05, 4.69) is 27.0 Å². The van der Waals surface area contributed by atoms with Gasteiger partial charge in [0.1, 0.15) is 0 Å². The maximum absolute atomic E-state index is 5.79. The van der Waals surface area contributed by atoms with Crippen molar-refractivity contribution in [3.05, 3.63) is 48.5 Å². The molecule has 0 radical (unpaired) electrons. The number of imidazole rings is 1. The third kappa shape index (κ3) is 3.79. The number of benzene rings is 1. The zero-order valence-corrected chi connectivity index (χ0v) is 10.4. The van der Waals surface area contributed by atoms with Gasteiger partial charge in [-0.1, -0.05) is 12.1 Å². The average Bonchev–Trinajstić information content (AvgIpc) is 2.88. The summed E-state index contributed by atoms with van der Waals surface area (Å²) in [5.74, 6) is 0.560. The van der Waals surface area contributed by atoms with E-state index >= 15 is 0 Å². The van der Waals surface area contributed by atoms with Gasteiger partial charge in [-0.15, -0.1) is 11.6 Å². The maximum Gasteiger partial charge on any atom is 0.0945 e. The minimum atomic E-state index is 0.560. The molecule has 0 spiro atoms. The predicted molar refractivity (Wildman–Crippen MR) is 71.3 cm³/mol. The molecule has 1 N–H and O–H groups in total. The van der Waals surface area contributed by atoms with Crippen molar-refractivity contribution in [1.29, 1.82) is 0 Å². The number of nitrogens with one attached hydrogen (secondary N) is 1. The summed E-state index contributed by atoms with van der Waals surface area (Å²) in [6.45, 7) is 1.94. The minimum Gasteiger partial charge on any atom is -0.385 e. The Morgan fingerprint density at radius 1 is 1.35 bits per heavy atom. The second-order valence-electron chi connectivity index (χ2n) is 3.91. The molecule has 2 aromatic rings. The second-order valence-corrected chi connectivity index (χ2v) is 4.18. The van der Waals surface area contributed by atoms with Gasteiger partial charge in [0.25, 0.3) is 0 Å². The number of halogens is 1. The smallest absolute Gasteiger partial charge is 0.0945 e. The highest BCUT2D eigenvalue weighted by atomic mass is 35.5. The molecule has 3 nitrogen and oxygen atoms in total. The number of rotatable bonds is 6. The monoisotopic (exact) mass is 249 g/mol. The van der Waals surface area contributed by atoms with Crippen molar-refractivity contribution in [2.75, 3.05) is 11.9 Å². The fraction of sp³-hybridized carbons (Fsp3) is 0.308. The lowest BCUT2D eigenvalue weighted by Crippen LogP contribution is -2.05. The van der Waals surface area contributed by atoms with Gasteiger partial charge in [-0.3, -0.25) is 0 Å². The summed E-state index contributed by atoms with van der Waals surface area (Å²) in [5, 5.41) is 3.39. The van der Waals surface area contributed by atoms with E-state index in [9.17, 15) is 0 Å². The number of anilines is 1. The molecule has 17 heavy (non-hydrogen) atoms. The van der Waals surface area contributed by atoms with Crippen molar-refractivity contribution in [3.8, 4) is 0 Å². The summed E-state index contributed by atoms with van der Waals surface area (Å²) in [7, 11) is 0. The Kier molecular flexibility index (Phi) is 4.45. The lowest BCUT2D eigenvalue weighted by atomic mass is 10.2. The summed E-state index contributed by atoms with van der Waals surface area (Å²) in [6.07, 6.45) is 6.70. The van der Waals surface area contributed by atoms with Crippen LogP contribution in [0, 0.1) is 0 Å². The number of hydrogen-bond acceptors (Lipinski definition) is 2. The molecule has 0 aliphatic carbocycles. The standard InChI is InChI=1S/C13H16ClN3/c14-10-12-3-1-4-13(9-12)16-5-2-7-17-8-6-15-11-17/h1,3-4,6,8-9,11,16H,2,5,7,10H2. The van der Waals surface area contributed by atoms with E-state index in [0.717, 1.165) is 30.8 Å². The van der Waals surface area contributed by atoms with Gasteiger partial charge in [-0.2, -0.15) is 0 Å². The maximum atomic E-state index is 5.79. The van der Waals surface area contributed by atoms with Crippen LogP contribution in [0.4, 0.5) is 5.69 Å². The van der Waals surface area contributed by atoms with Crippen molar-refractivity contribution in [2.45, 2.75) is 18.8 Å². The minimum absolute atomic E-state index is 0.560. The van der Waals surface area contributed by atoms with Crippen LogP contribution in [0.5, 0.6) is 0 Å². The van der Waals surface area contributed by atoms with Crippen LogP contribution in [0.25, 0.3) is 0 Å². The molecule has 1 aromatic heterocycles. The fourth-order valence-electron chi connectivity index (χ4n) is 1.68. The van der Waals surface area contributed by atoms with Gasteiger partial charge >= 0.3 is 0 Å². The SMILES string of the molecule is ClCc1cccc(NCCCn2ccnc2)c1. The van der Waals surface area contributed by atoms with Gasteiger partial charge in [0.2, 0.25) is 0 Å². The van der Waals surface area contributed by atoms with E-state index < -0.39 is 0 Å². The third-order valence-corrected chi connectivity index (χ3v) is 2.87. The average molecular weight is 250 g/mol. The molecule has 4 heteroatoms. The van der Waals surface area contributed by atoms with E-state index in [-0.39, 0.29) is 0 Å². The van der Waals surface area contributed by atoms with E-state index in [1.165, 1.54) is 0 Å². The Morgan fingerprint density at radius 2 is 2.29 bits per heavy atom. The third-order valence-electron chi connectivity index (χ3n) is 2.56. The molecular formula is C13H16ClN3. The lowest BCUT2D eigenvalue weighted by Gasteiger charge is -2.07. The van der Waals surface area contributed by atoms with Crippen molar-refractivity contribution in [3.63, 3.8) is 0 Å². The highest BCUT2D eigenvalue weighted by Gasteiger charge is 1.95. The molecule has 0 atom stereocenters. The summed E-state index contributed by atoms with van der Waals surface area (Å²) in [6, 6.07) is 8.21. The zero-order chi connectivity index (χ0) is 11.9. The van der Waals surface area contributed by atoms with Crippen LogP contribution in [0.1, 0.15) is 12.0 Å². The summed E-state index contributed by atoms with van der Waals surface area (Å²) >= 11 is 5.79. The van der Waals surface area contributed by atoms with Crippen LogP contribution in [0.2, 0.25) is 0 Å². The van der Waals surface area contributed by atoms with Crippen LogP contribution >= 0.6 is 11.6 Å². The van der Waals surface area contributed by atoms with Gasteiger partial charge < -0.3 is 9.88 Å².